The van der Waals surface area contributed by atoms with E-state index in [9.17, 15) is 4.79 Å². The summed E-state index contributed by atoms with van der Waals surface area (Å²) in [6.07, 6.45) is 3.01. The molecule has 0 aliphatic rings. The molecule has 0 aromatic carbocycles. The Labute approximate surface area is 116 Å². The van der Waals surface area contributed by atoms with Crippen molar-refractivity contribution in [3.8, 4) is 11.8 Å². The molecule has 0 aliphatic carbocycles. The van der Waals surface area contributed by atoms with Gasteiger partial charge in [-0.3, -0.25) is 14.5 Å². The Kier molecular flexibility index (Phi) is 4.13. The van der Waals surface area contributed by atoms with E-state index in [1.54, 1.807) is 23.9 Å². The molecule has 0 spiro atoms. The zero-order chi connectivity index (χ0) is 14.5. The van der Waals surface area contributed by atoms with Gasteiger partial charge in [-0.15, -0.1) is 0 Å². The van der Waals surface area contributed by atoms with Crippen molar-refractivity contribution >= 4 is 11.7 Å². The van der Waals surface area contributed by atoms with Crippen LogP contribution < -0.4 is 5.32 Å². The summed E-state index contributed by atoms with van der Waals surface area (Å²) in [4.78, 5) is 16.2. The van der Waals surface area contributed by atoms with Crippen LogP contribution in [-0.2, 0) is 7.05 Å². The van der Waals surface area contributed by atoms with E-state index in [0.29, 0.717) is 16.9 Å². The van der Waals surface area contributed by atoms with Crippen molar-refractivity contribution in [2.24, 2.45) is 7.05 Å². The number of aliphatic hydroxyl groups is 1. The number of carbonyl (C=O) groups excluding carboxylic acids is 1. The first kappa shape index (κ1) is 13.8. The maximum atomic E-state index is 12.2. The summed E-state index contributed by atoms with van der Waals surface area (Å²) in [7, 11) is 1.75. The van der Waals surface area contributed by atoms with Crippen LogP contribution in [0.3, 0.4) is 0 Å². The maximum absolute atomic E-state index is 12.2. The molecule has 2 rings (SSSR count). The minimum absolute atomic E-state index is 0.267. The normalized spacial score (nSPS) is 9.75. The molecule has 0 bridgehead atoms. The number of aliphatic hydroxyl groups excluding tert-OH is 1. The fourth-order valence-electron chi connectivity index (χ4n) is 1.74. The lowest BCUT2D eigenvalue weighted by Gasteiger charge is -2.06. The minimum Gasteiger partial charge on any atom is -0.384 e. The topological polar surface area (TPSA) is 80.0 Å². The Bertz CT molecular complexity index is 695. The Morgan fingerprint density at radius 3 is 3.00 bits per heavy atom. The average molecular weight is 270 g/mol. The molecule has 2 aromatic rings. The molecule has 0 fully saturated rings. The van der Waals surface area contributed by atoms with Gasteiger partial charge in [-0.2, -0.15) is 5.10 Å². The molecular formula is C14H14N4O2. The van der Waals surface area contributed by atoms with Crippen molar-refractivity contribution in [2.45, 2.75) is 6.92 Å². The van der Waals surface area contributed by atoms with Crippen molar-refractivity contribution in [3.05, 3.63) is 41.3 Å². The van der Waals surface area contributed by atoms with Gasteiger partial charge >= 0.3 is 0 Å². The second-order valence-corrected chi connectivity index (χ2v) is 4.13. The summed E-state index contributed by atoms with van der Waals surface area (Å²) in [5.41, 5.74) is 1.69. The number of anilines is 1. The molecule has 2 aromatic heterocycles. The van der Waals surface area contributed by atoms with Crippen LogP contribution in [0.2, 0.25) is 0 Å². The highest BCUT2D eigenvalue weighted by Crippen LogP contribution is 2.12. The van der Waals surface area contributed by atoms with E-state index in [-0.39, 0.29) is 12.5 Å². The highest BCUT2D eigenvalue weighted by molar-refractivity contribution is 6.05. The van der Waals surface area contributed by atoms with Gasteiger partial charge in [0.15, 0.2) is 0 Å². The van der Waals surface area contributed by atoms with Crippen LogP contribution in [0.25, 0.3) is 0 Å². The first-order valence-electron chi connectivity index (χ1n) is 5.97. The summed E-state index contributed by atoms with van der Waals surface area (Å²) in [6, 6.07) is 3.36. The molecule has 0 unspecified atom stereocenters. The summed E-state index contributed by atoms with van der Waals surface area (Å²) < 4.78 is 1.59. The Balaban J connectivity index is 2.28. The zero-order valence-electron chi connectivity index (χ0n) is 11.2. The van der Waals surface area contributed by atoms with Gasteiger partial charge in [-0.25, -0.2) is 0 Å². The smallest absolute Gasteiger partial charge is 0.258 e. The van der Waals surface area contributed by atoms with E-state index in [1.807, 2.05) is 6.92 Å². The van der Waals surface area contributed by atoms with Crippen molar-refractivity contribution in [1.29, 1.82) is 0 Å². The highest BCUT2D eigenvalue weighted by Gasteiger charge is 2.12. The van der Waals surface area contributed by atoms with Gasteiger partial charge in [0, 0.05) is 25.5 Å². The Morgan fingerprint density at radius 1 is 1.55 bits per heavy atom. The predicted octanol–water partition coefficient (Wildman–Crippen LogP) is 0.720. The maximum Gasteiger partial charge on any atom is 0.258 e. The molecular weight excluding hydrogens is 256 g/mol. The van der Waals surface area contributed by atoms with Crippen molar-refractivity contribution in [1.82, 2.24) is 14.8 Å². The van der Waals surface area contributed by atoms with E-state index in [0.717, 1.165) is 5.69 Å². The van der Waals surface area contributed by atoms with Gasteiger partial charge in [-0.1, -0.05) is 11.8 Å². The van der Waals surface area contributed by atoms with Gasteiger partial charge in [-0.05, 0) is 13.0 Å². The number of rotatable bonds is 2. The summed E-state index contributed by atoms with van der Waals surface area (Å²) in [5.74, 6) is 5.52. The zero-order valence-corrected chi connectivity index (χ0v) is 11.2. The molecule has 6 heteroatoms. The monoisotopic (exact) mass is 270 g/mol. The molecule has 102 valence electrons. The number of pyridine rings is 1. The second kappa shape index (κ2) is 5.99. The largest absolute Gasteiger partial charge is 0.384 e. The van der Waals surface area contributed by atoms with Crippen LogP contribution >= 0.6 is 0 Å². The molecule has 0 saturated carbocycles. The molecule has 1 amide bonds. The quantitative estimate of drug-likeness (QED) is 0.788. The fourth-order valence-corrected chi connectivity index (χ4v) is 1.74. The third-order valence-corrected chi connectivity index (χ3v) is 2.61. The van der Waals surface area contributed by atoms with E-state index in [2.05, 4.69) is 27.2 Å². The highest BCUT2D eigenvalue weighted by atomic mass is 16.2. The summed E-state index contributed by atoms with van der Waals surface area (Å²) in [5, 5.41) is 15.7. The standard InChI is InChI=1S/C14H14N4O2/c1-10-8-13(18(2)17-10)16-14(20)12-5-6-15-9-11(12)4-3-7-19/h5-6,8-9,19H,7H2,1-2H3,(H,16,20). The number of hydrogen-bond acceptors (Lipinski definition) is 4. The van der Waals surface area contributed by atoms with E-state index >= 15 is 0 Å². The first-order chi connectivity index (χ1) is 9.61. The Morgan fingerprint density at radius 2 is 2.35 bits per heavy atom. The minimum atomic E-state index is -0.294. The van der Waals surface area contributed by atoms with Crippen LogP contribution in [0.15, 0.2) is 24.5 Å². The summed E-state index contributed by atoms with van der Waals surface area (Å²) >= 11 is 0. The van der Waals surface area contributed by atoms with E-state index in [1.165, 1.54) is 12.4 Å². The lowest BCUT2D eigenvalue weighted by atomic mass is 10.1. The average Bonchev–Trinajstić information content (AvgIpc) is 2.75. The summed E-state index contributed by atoms with van der Waals surface area (Å²) in [6.45, 7) is 1.58. The number of nitrogens with zero attached hydrogens (tertiary/aromatic N) is 3. The van der Waals surface area contributed by atoms with Crippen LogP contribution in [0.1, 0.15) is 21.6 Å². The van der Waals surface area contributed by atoms with Gasteiger partial charge in [0.25, 0.3) is 5.91 Å². The van der Waals surface area contributed by atoms with Gasteiger partial charge in [0.05, 0.1) is 16.8 Å². The van der Waals surface area contributed by atoms with Crippen LogP contribution in [-0.4, -0.2) is 32.4 Å². The van der Waals surface area contributed by atoms with Crippen LogP contribution in [0, 0.1) is 18.8 Å². The van der Waals surface area contributed by atoms with Gasteiger partial charge in [0.2, 0.25) is 0 Å². The van der Waals surface area contributed by atoms with E-state index in [4.69, 9.17) is 5.11 Å². The molecule has 0 radical (unpaired) electrons. The lowest BCUT2D eigenvalue weighted by Crippen LogP contribution is -2.16. The molecule has 0 atom stereocenters. The number of amides is 1. The van der Waals surface area contributed by atoms with E-state index < -0.39 is 0 Å². The van der Waals surface area contributed by atoms with Crippen LogP contribution in [0.4, 0.5) is 5.82 Å². The molecule has 2 heterocycles. The van der Waals surface area contributed by atoms with Gasteiger partial charge < -0.3 is 10.4 Å². The molecule has 0 aliphatic heterocycles. The third-order valence-electron chi connectivity index (χ3n) is 2.61. The number of carbonyl (C=O) groups is 1. The number of hydrogen-bond donors (Lipinski definition) is 2. The lowest BCUT2D eigenvalue weighted by molar-refractivity contribution is 0.102. The SMILES string of the molecule is Cc1cc(NC(=O)c2ccncc2C#CCO)n(C)n1. The number of aryl methyl sites for hydroxylation is 2. The second-order valence-electron chi connectivity index (χ2n) is 4.13. The predicted molar refractivity (Wildman–Crippen MR) is 74.1 cm³/mol. The molecule has 2 N–H and O–H groups in total. The van der Waals surface area contributed by atoms with Gasteiger partial charge in [0.1, 0.15) is 12.4 Å². The molecule has 0 saturated heterocycles. The fraction of sp³-hybridized carbons (Fsp3) is 0.214. The van der Waals surface area contributed by atoms with Crippen molar-refractivity contribution < 1.29 is 9.90 Å². The third kappa shape index (κ3) is 3.02. The molecule has 20 heavy (non-hydrogen) atoms. The number of aromatic nitrogens is 3. The first-order valence-corrected chi connectivity index (χ1v) is 5.97. The van der Waals surface area contributed by atoms with Crippen molar-refractivity contribution in [3.63, 3.8) is 0 Å². The van der Waals surface area contributed by atoms with Crippen molar-refractivity contribution in [2.75, 3.05) is 11.9 Å². The Hall–Kier alpha value is -2.65. The molecule has 6 nitrogen and oxygen atoms in total. The number of nitrogens with one attached hydrogen (secondary N) is 1. The van der Waals surface area contributed by atoms with Crippen LogP contribution in [0.5, 0.6) is 0 Å².